The van der Waals surface area contributed by atoms with Gasteiger partial charge in [0, 0.05) is 5.69 Å². The Morgan fingerprint density at radius 2 is 2.10 bits per heavy atom. The monoisotopic (exact) mass is 132 g/mol. The average Bonchev–Trinajstić information content (AvgIpc) is 2.03. The molecule has 10 heavy (non-hydrogen) atoms. The van der Waals surface area contributed by atoms with Crippen LogP contribution < -0.4 is 5.32 Å². The molecular formula is C9H10N. The molecule has 0 saturated carbocycles. The molecule has 0 heterocycles. The van der Waals surface area contributed by atoms with Crippen LogP contribution in [-0.4, -0.2) is 0 Å². The van der Waals surface area contributed by atoms with Crippen molar-refractivity contribution in [2.45, 2.75) is 6.92 Å². The van der Waals surface area contributed by atoms with Gasteiger partial charge in [-0.15, -0.1) is 0 Å². The summed E-state index contributed by atoms with van der Waals surface area (Å²) in [6.07, 6.45) is 3.85. The molecule has 0 saturated heterocycles. The normalized spacial score (nSPS) is 10.1. The Balaban J connectivity index is 2.59. The fourth-order valence-electron chi connectivity index (χ4n) is 0.663. The summed E-state index contributed by atoms with van der Waals surface area (Å²) in [5.41, 5.74) is 1.09. The minimum atomic E-state index is 1.09. The van der Waals surface area contributed by atoms with Crippen LogP contribution in [0.1, 0.15) is 6.92 Å². The summed E-state index contributed by atoms with van der Waals surface area (Å²) in [6.45, 7) is 1.97. The molecule has 0 unspecified atom stereocenters. The highest BCUT2D eigenvalue weighted by atomic mass is 14.8. The van der Waals surface area contributed by atoms with Crippen LogP contribution in [0.2, 0.25) is 0 Å². The van der Waals surface area contributed by atoms with Crippen molar-refractivity contribution in [1.29, 1.82) is 0 Å². The van der Waals surface area contributed by atoms with Gasteiger partial charge < -0.3 is 5.32 Å². The lowest BCUT2D eigenvalue weighted by molar-refractivity contribution is 1.55. The van der Waals surface area contributed by atoms with Gasteiger partial charge in [0.25, 0.3) is 0 Å². The number of hydrogen-bond acceptors (Lipinski definition) is 1. The number of anilines is 1. The number of nitrogens with one attached hydrogen (secondary N) is 1. The lowest BCUT2D eigenvalue weighted by Crippen LogP contribution is -1.84. The van der Waals surface area contributed by atoms with E-state index in [1.807, 2.05) is 43.5 Å². The molecular weight excluding hydrogens is 122 g/mol. The van der Waals surface area contributed by atoms with Crippen LogP contribution >= 0.6 is 0 Å². The Morgan fingerprint density at radius 3 is 2.70 bits per heavy atom. The third-order valence-corrected chi connectivity index (χ3v) is 1.13. The first-order valence-corrected chi connectivity index (χ1v) is 3.27. The fourth-order valence-corrected chi connectivity index (χ4v) is 0.663. The predicted molar refractivity (Wildman–Crippen MR) is 43.7 cm³/mol. The molecule has 1 aromatic carbocycles. The van der Waals surface area contributed by atoms with Crippen LogP contribution in [0, 0.1) is 6.07 Å². The van der Waals surface area contributed by atoms with Gasteiger partial charge in [0.1, 0.15) is 0 Å². The highest BCUT2D eigenvalue weighted by Gasteiger charge is 1.80. The molecule has 0 bridgehead atoms. The van der Waals surface area contributed by atoms with Gasteiger partial charge in [-0.2, -0.15) is 0 Å². The molecule has 0 aliphatic carbocycles. The van der Waals surface area contributed by atoms with E-state index < -0.39 is 0 Å². The summed E-state index contributed by atoms with van der Waals surface area (Å²) in [4.78, 5) is 0. The number of allylic oxidation sites excluding steroid dienone is 1. The molecule has 1 heteroatoms. The Bertz CT molecular complexity index is 201. The third-order valence-electron chi connectivity index (χ3n) is 1.13. The van der Waals surface area contributed by atoms with Gasteiger partial charge in [-0.1, -0.05) is 18.2 Å². The topological polar surface area (TPSA) is 12.0 Å². The summed E-state index contributed by atoms with van der Waals surface area (Å²) in [7, 11) is 0. The molecule has 0 fully saturated rings. The lowest BCUT2D eigenvalue weighted by Gasteiger charge is -1.96. The fraction of sp³-hybridized carbons (Fsp3) is 0.111. The molecule has 0 aliphatic rings. The quantitative estimate of drug-likeness (QED) is 0.651. The van der Waals surface area contributed by atoms with E-state index in [-0.39, 0.29) is 0 Å². The first kappa shape index (κ1) is 6.87. The second-order valence-electron chi connectivity index (χ2n) is 1.93. The predicted octanol–water partition coefficient (Wildman–Crippen LogP) is 2.43. The molecule has 51 valence electrons. The van der Waals surface area contributed by atoms with Gasteiger partial charge in [-0.05, 0) is 31.3 Å². The maximum absolute atomic E-state index is 3.09. The van der Waals surface area contributed by atoms with E-state index in [9.17, 15) is 0 Å². The lowest BCUT2D eigenvalue weighted by atomic mass is 10.3. The minimum Gasteiger partial charge on any atom is -0.362 e. The number of hydrogen-bond donors (Lipinski definition) is 1. The van der Waals surface area contributed by atoms with Crippen LogP contribution in [0.25, 0.3) is 0 Å². The SMILES string of the molecule is CC=CNc1cc[c]cc1. The maximum Gasteiger partial charge on any atom is 0.0380 e. The zero-order chi connectivity index (χ0) is 7.23. The Hall–Kier alpha value is -1.24. The van der Waals surface area contributed by atoms with Gasteiger partial charge in [0.15, 0.2) is 0 Å². The highest BCUT2D eigenvalue weighted by molar-refractivity contribution is 5.44. The van der Waals surface area contributed by atoms with Gasteiger partial charge in [0.2, 0.25) is 0 Å². The van der Waals surface area contributed by atoms with Gasteiger partial charge in [-0.3, -0.25) is 0 Å². The van der Waals surface area contributed by atoms with Gasteiger partial charge in [-0.25, -0.2) is 0 Å². The van der Waals surface area contributed by atoms with E-state index in [4.69, 9.17) is 0 Å². The average molecular weight is 132 g/mol. The Labute approximate surface area is 61.4 Å². The van der Waals surface area contributed by atoms with E-state index in [0.29, 0.717) is 0 Å². The van der Waals surface area contributed by atoms with E-state index >= 15 is 0 Å². The van der Waals surface area contributed by atoms with Gasteiger partial charge in [0.05, 0.1) is 0 Å². The van der Waals surface area contributed by atoms with Crippen LogP contribution in [0.5, 0.6) is 0 Å². The van der Waals surface area contributed by atoms with Crippen molar-refractivity contribution in [3.63, 3.8) is 0 Å². The minimum absolute atomic E-state index is 1.09. The van der Waals surface area contributed by atoms with E-state index in [2.05, 4.69) is 11.4 Å². The van der Waals surface area contributed by atoms with Crippen molar-refractivity contribution in [2.24, 2.45) is 0 Å². The molecule has 1 nitrogen and oxygen atoms in total. The van der Waals surface area contributed by atoms with Crippen molar-refractivity contribution in [3.05, 3.63) is 42.6 Å². The molecule has 0 aliphatic heterocycles. The summed E-state index contributed by atoms with van der Waals surface area (Å²) >= 11 is 0. The molecule has 0 spiro atoms. The van der Waals surface area contributed by atoms with Gasteiger partial charge >= 0.3 is 0 Å². The second kappa shape index (κ2) is 3.72. The summed E-state index contributed by atoms with van der Waals surface area (Å²) < 4.78 is 0. The molecule has 1 radical (unpaired) electrons. The number of benzene rings is 1. The Morgan fingerprint density at radius 1 is 1.40 bits per heavy atom. The van der Waals surface area contributed by atoms with E-state index in [0.717, 1.165) is 5.69 Å². The summed E-state index contributed by atoms with van der Waals surface area (Å²) in [5, 5.41) is 3.09. The van der Waals surface area contributed by atoms with E-state index in [1.54, 1.807) is 0 Å². The van der Waals surface area contributed by atoms with Crippen LogP contribution in [0.3, 0.4) is 0 Å². The van der Waals surface area contributed by atoms with E-state index in [1.165, 1.54) is 0 Å². The highest BCUT2D eigenvalue weighted by Crippen LogP contribution is 2.03. The molecule has 1 rings (SSSR count). The zero-order valence-corrected chi connectivity index (χ0v) is 5.96. The van der Waals surface area contributed by atoms with Crippen molar-refractivity contribution < 1.29 is 0 Å². The third kappa shape index (κ3) is 1.94. The van der Waals surface area contributed by atoms with Crippen LogP contribution in [0.4, 0.5) is 5.69 Å². The van der Waals surface area contributed by atoms with Crippen LogP contribution in [0.15, 0.2) is 36.5 Å². The first-order valence-electron chi connectivity index (χ1n) is 3.27. The summed E-state index contributed by atoms with van der Waals surface area (Å²) in [5.74, 6) is 0. The molecule has 0 amide bonds. The largest absolute Gasteiger partial charge is 0.362 e. The smallest absolute Gasteiger partial charge is 0.0380 e. The Kier molecular flexibility index (Phi) is 2.56. The molecule has 0 atom stereocenters. The molecule has 1 aromatic rings. The first-order chi connectivity index (χ1) is 4.93. The maximum atomic E-state index is 3.09. The molecule has 0 aromatic heterocycles. The summed E-state index contributed by atoms with van der Waals surface area (Å²) in [6, 6.07) is 10.7. The molecule has 1 N–H and O–H groups in total. The zero-order valence-electron chi connectivity index (χ0n) is 5.96. The standard InChI is InChI=1S/C9H10N/c1-2-8-10-9-6-4-3-5-7-9/h2,4-8,10H,1H3. The van der Waals surface area contributed by atoms with Crippen molar-refractivity contribution in [1.82, 2.24) is 0 Å². The van der Waals surface area contributed by atoms with Crippen molar-refractivity contribution in [3.8, 4) is 0 Å². The van der Waals surface area contributed by atoms with Crippen LogP contribution in [-0.2, 0) is 0 Å². The number of rotatable bonds is 2. The van der Waals surface area contributed by atoms with Crippen molar-refractivity contribution >= 4 is 5.69 Å². The van der Waals surface area contributed by atoms with Crippen molar-refractivity contribution in [2.75, 3.05) is 5.32 Å². The second-order valence-corrected chi connectivity index (χ2v) is 1.93.